The van der Waals surface area contributed by atoms with E-state index in [0.29, 0.717) is 0 Å². The van der Waals surface area contributed by atoms with Gasteiger partial charge in [-0.05, 0) is 28.1 Å². The SMILES string of the molecule is S=c1ccc(Br)c(CBr)[nH]1. The minimum absolute atomic E-state index is 0.762. The summed E-state index contributed by atoms with van der Waals surface area (Å²) in [5.41, 5.74) is 1.08. The third kappa shape index (κ3) is 1.90. The lowest BCUT2D eigenvalue weighted by atomic mass is 10.4. The molecule has 10 heavy (non-hydrogen) atoms. The van der Waals surface area contributed by atoms with Crippen LogP contribution < -0.4 is 0 Å². The molecule has 1 nitrogen and oxygen atoms in total. The Morgan fingerprint density at radius 1 is 1.50 bits per heavy atom. The molecule has 0 radical (unpaired) electrons. The lowest BCUT2D eigenvalue weighted by Gasteiger charge is -1.97. The van der Waals surface area contributed by atoms with Gasteiger partial charge in [-0.2, -0.15) is 0 Å². The van der Waals surface area contributed by atoms with Crippen LogP contribution in [0.4, 0.5) is 0 Å². The highest BCUT2D eigenvalue weighted by Crippen LogP contribution is 2.15. The molecule has 54 valence electrons. The molecular formula is C6H5Br2NS. The molecule has 0 aliphatic heterocycles. The van der Waals surface area contributed by atoms with Crippen LogP contribution in [0.25, 0.3) is 0 Å². The molecule has 1 N–H and O–H groups in total. The summed E-state index contributed by atoms with van der Waals surface area (Å²) < 4.78 is 1.82. The molecule has 0 saturated heterocycles. The van der Waals surface area contributed by atoms with Crippen LogP contribution in [0, 0.1) is 4.64 Å². The Balaban J connectivity index is 3.22. The Morgan fingerprint density at radius 2 is 2.20 bits per heavy atom. The number of rotatable bonds is 1. The molecule has 0 aromatic carbocycles. The van der Waals surface area contributed by atoms with Crippen LogP contribution in [0.5, 0.6) is 0 Å². The first-order chi connectivity index (χ1) is 4.74. The van der Waals surface area contributed by atoms with Gasteiger partial charge in [0.1, 0.15) is 4.64 Å². The van der Waals surface area contributed by atoms with Gasteiger partial charge in [0.15, 0.2) is 0 Å². The quantitative estimate of drug-likeness (QED) is 0.617. The number of hydrogen-bond acceptors (Lipinski definition) is 1. The number of aromatic nitrogens is 1. The molecule has 1 rings (SSSR count). The van der Waals surface area contributed by atoms with E-state index in [-0.39, 0.29) is 0 Å². The molecule has 1 heterocycles. The molecular weight excluding hydrogens is 278 g/mol. The number of nitrogens with one attached hydrogen (secondary N) is 1. The van der Waals surface area contributed by atoms with E-state index in [2.05, 4.69) is 36.8 Å². The van der Waals surface area contributed by atoms with Gasteiger partial charge in [-0.15, -0.1) is 0 Å². The predicted octanol–water partition coefficient (Wildman–Crippen LogP) is 3.40. The van der Waals surface area contributed by atoms with Crippen molar-refractivity contribution < 1.29 is 0 Å². The van der Waals surface area contributed by atoms with Crippen LogP contribution >= 0.6 is 44.1 Å². The van der Waals surface area contributed by atoms with Crippen molar-refractivity contribution in [1.29, 1.82) is 0 Å². The predicted molar refractivity (Wildman–Crippen MR) is 52.0 cm³/mol. The zero-order valence-electron chi connectivity index (χ0n) is 5.03. The van der Waals surface area contributed by atoms with E-state index in [4.69, 9.17) is 12.2 Å². The zero-order valence-corrected chi connectivity index (χ0v) is 9.01. The number of halogens is 2. The fourth-order valence-corrected chi connectivity index (χ4v) is 1.98. The van der Waals surface area contributed by atoms with Crippen LogP contribution in [0.15, 0.2) is 16.6 Å². The maximum absolute atomic E-state index is 4.93. The van der Waals surface area contributed by atoms with Gasteiger partial charge in [-0.1, -0.05) is 28.1 Å². The molecule has 1 aromatic rings. The summed E-state index contributed by atoms with van der Waals surface area (Å²) in [6.07, 6.45) is 0. The molecule has 0 spiro atoms. The van der Waals surface area contributed by atoms with Crippen molar-refractivity contribution in [1.82, 2.24) is 4.98 Å². The van der Waals surface area contributed by atoms with E-state index in [1.165, 1.54) is 0 Å². The van der Waals surface area contributed by atoms with Gasteiger partial charge < -0.3 is 4.98 Å². The van der Waals surface area contributed by atoms with Crippen molar-refractivity contribution in [3.8, 4) is 0 Å². The number of hydrogen-bond donors (Lipinski definition) is 1. The van der Waals surface area contributed by atoms with Gasteiger partial charge in [0.05, 0.1) is 0 Å². The molecule has 0 unspecified atom stereocenters. The lowest BCUT2D eigenvalue weighted by Crippen LogP contribution is -1.85. The van der Waals surface area contributed by atoms with Crippen molar-refractivity contribution in [3.05, 3.63) is 26.9 Å². The van der Waals surface area contributed by atoms with Crippen molar-refractivity contribution in [3.63, 3.8) is 0 Å². The van der Waals surface area contributed by atoms with E-state index in [0.717, 1.165) is 20.1 Å². The van der Waals surface area contributed by atoms with Gasteiger partial charge in [0.25, 0.3) is 0 Å². The van der Waals surface area contributed by atoms with Crippen LogP contribution in [-0.4, -0.2) is 4.98 Å². The van der Waals surface area contributed by atoms with Gasteiger partial charge in [-0.3, -0.25) is 0 Å². The molecule has 0 aliphatic carbocycles. The van der Waals surface area contributed by atoms with E-state index < -0.39 is 0 Å². The maximum atomic E-state index is 4.93. The van der Waals surface area contributed by atoms with Crippen LogP contribution in [0.3, 0.4) is 0 Å². The number of pyridine rings is 1. The lowest BCUT2D eigenvalue weighted by molar-refractivity contribution is 1.15. The third-order valence-corrected chi connectivity index (χ3v) is 2.62. The average Bonchev–Trinajstić information content (AvgIpc) is 1.94. The Labute approximate surface area is 81.1 Å². The normalized spacial score (nSPS) is 9.80. The first-order valence-corrected chi connectivity index (χ1v) is 5.00. The molecule has 4 heteroatoms. The summed E-state index contributed by atoms with van der Waals surface area (Å²) >= 11 is 11.6. The first kappa shape index (κ1) is 8.43. The van der Waals surface area contributed by atoms with E-state index >= 15 is 0 Å². The largest absolute Gasteiger partial charge is 0.348 e. The van der Waals surface area contributed by atoms with E-state index in [1.807, 2.05) is 12.1 Å². The van der Waals surface area contributed by atoms with Crippen molar-refractivity contribution >= 4 is 44.1 Å². The fourth-order valence-electron chi connectivity index (χ4n) is 0.597. The van der Waals surface area contributed by atoms with Gasteiger partial charge in [0, 0.05) is 15.5 Å². The van der Waals surface area contributed by atoms with Gasteiger partial charge >= 0.3 is 0 Å². The van der Waals surface area contributed by atoms with Crippen molar-refractivity contribution in [2.24, 2.45) is 0 Å². The zero-order chi connectivity index (χ0) is 7.56. The summed E-state index contributed by atoms with van der Waals surface area (Å²) in [5, 5.41) is 0.790. The summed E-state index contributed by atoms with van der Waals surface area (Å²) in [7, 11) is 0. The summed E-state index contributed by atoms with van der Waals surface area (Å²) in [4.78, 5) is 3.05. The van der Waals surface area contributed by atoms with E-state index in [1.54, 1.807) is 0 Å². The van der Waals surface area contributed by atoms with Crippen molar-refractivity contribution in [2.45, 2.75) is 5.33 Å². The number of aromatic amines is 1. The standard InChI is InChI=1S/C6H5Br2NS/c7-3-5-4(8)1-2-6(10)9-5/h1-2H,3H2,(H,9,10). The molecule has 0 atom stereocenters. The molecule has 0 bridgehead atoms. The topological polar surface area (TPSA) is 15.8 Å². The highest BCUT2D eigenvalue weighted by atomic mass is 79.9. The molecule has 0 saturated carbocycles. The second-order valence-corrected chi connectivity index (χ2v) is 3.64. The Morgan fingerprint density at radius 3 is 2.70 bits per heavy atom. The fraction of sp³-hybridized carbons (Fsp3) is 0.167. The number of H-pyrrole nitrogens is 1. The molecule has 0 aliphatic rings. The third-order valence-electron chi connectivity index (χ3n) is 1.08. The van der Waals surface area contributed by atoms with Crippen molar-refractivity contribution in [2.75, 3.05) is 0 Å². The average molecular weight is 283 g/mol. The molecule has 0 amide bonds. The van der Waals surface area contributed by atoms with Crippen LogP contribution in [0.2, 0.25) is 0 Å². The Hall–Kier alpha value is 0.330. The van der Waals surface area contributed by atoms with Crippen LogP contribution in [-0.2, 0) is 5.33 Å². The van der Waals surface area contributed by atoms with Gasteiger partial charge in [0.2, 0.25) is 0 Å². The first-order valence-electron chi connectivity index (χ1n) is 2.67. The Bertz CT molecular complexity index is 281. The monoisotopic (exact) mass is 281 g/mol. The highest BCUT2D eigenvalue weighted by molar-refractivity contribution is 9.10. The summed E-state index contributed by atoms with van der Waals surface area (Å²) in [5.74, 6) is 0. The highest BCUT2D eigenvalue weighted by Gasteiger charge is 1.94. The second kappa shape index (κ2) is 3.64. The maximum Gasteiger partial charge on any atom is 0.103 e. The van der Waals surface area contributed by atoms with Crippen LogP contribution in [0.1, 0.15) is 5.69 Å². The number of alkyl halides is 1. The van der Waals surface area contributed by atoms with Gasteiger partial charge in [-0.25, -0.2) is 0 Å². The smallest absolute Gasteiger partial charge is 0.103 e. The van der Waals surface area contributed by atoms with E-state index in [9.17, 15) is 0 Å². The Kier molecular flexibility index (Phi) is 3.07. The minimum atomic E-state index is 0.762. The summed E-state index contributed by atoms with van der Waals surface area (Å²) in [6, 6.07) is 3.79. The molecule has 1 aromatic heterocycles. The second-order valence-electron chi connectivity index (χ2n) is 1.78. The summed E-state index contributed by atoms with van der Waals surface area (Å²) in [6.45, 7) is 0. The minimum Gasteiger partial charge on any atom is -0.348 e. The molecule has 0 fully saturated rings.